The first kappa shape index (κ1) is 26.5. The van der Waals surface area contributed by atoms with Gasteiger partial charge in [-0.2, -0.15) is 0 Å². The first-order valence-electron chi connectivity index (χ1n) is 12.3. The van der Waals surface area contributed by atoms with Gasteiger partial charge >= 0.3 is 5.97 Å². The molecule has 0 saturated carbocycles. The summed E-state index contributed by atoms with van der Waals surface area (Å²) in [6.45, 7) is 4.38. The lowest BCUT2D eigenvalue weighted by Gasteiger charge is -2.26. The summed E-state index contributed by atoms with van der Waals surface area (Å²) in [4.78, 5) is 40.5. The number of nitrogens with zero attached hydrogens (tertiary/aromatic N) is 1. The number of carbonyl (C=O) groups is 3. The van der Waals surface area contributed by atoms with Crippen LogP contribution in [-0.4, -0.2) is 43.1 Å². The van der Waals surface area contributed by atoms with Crippen molar-refractivity contribution in [2.45, 2.75) is 26.3 Å². The van der Waals surface area contributed by atoms with E-state index < -0.39 is 23.7 Å². The molecular weight excluding hydrogens is 486 g/mol. The number of carbonyl (C=O) groups excluding carboxylic acids is 3. The van der Waals surface area contributed by atoms with Crippen molar-refractivity contribution in [1.29, 1.82) is 0 Å². The highest BCUT2D eigenvalue weighted by atomic mass is 16.5. The van der Waals surface area contributed by atoms with Crippen molar-refractivity contribution in [1.82, 2.24) is 0 Å². The fraction of sp³-hybridized carbons (Fsp3) is 0.233. The largest absolute Gasteiger partial charge is 0.507 e. The number of aliphatic hydroxyl groups excluding tert-OH is 1. The number of methoxy groups -OCH3 is 1. The average molecular weight is 516 g/mol. The Morgan fingerprint density at radius 2 is 1.63 bits per heavy atom. The van der Waals surface area contributed by atoms with Crippen LogP contribution in [0.15, 0.2) is 78.4 Å². The number of ketones is 1. The van der Waals surface area contributed by atoms with Gasteiger partial charge in [-0.05, 0) is 61.4 Å². The number of amides is 1. The van der Waals surface area contributed by atoms with Crippen LogP contribution in [0, 0.1) is 0 Å². The maximum absolute atomic E-state index is 13.4. The minimum Gasteiger partial charge on any atom is -0.507 e. The predicted octanol–water partition coefficient (Wildman–Crippen LogP) is 5.29. The summed E-state index contributed by atoms with van der Waals surface area (Å²) in [6, 6.07) is 19.0. The van der Waals surface area contributed by atoms with Gasteiger partial charge in [-0.3, -0.25) is 14.5 Å². The zero-order chi connectivity index (χ0) is 27.2. The zero-order valence-corrected chi connectivity index (χ0v) is 21.5. The lowest BCUT2D eigenvalue weighted by atomic mass is 9.95. The molecule has 8 heteroatoms. The number of rotatable bonds is 9. The Labute approximate surface area is 221 Å². The van der Waals surface area contributed by atoms with Crippen LogP contribution in [0.25, 0.3) is 5.76 Å². The van der Waals surface area contributed by atoms with Crippen molar-refractivity contribution in [3.63, 3.8) is 0 Å². The Morgan fingerprint density at radius 3 is 2.32 bits per heavy atom. The van der Waals surface area contributed by atoms with Gasteiger partial charge in [0, 0.05) is 11.3 Å². The highest BCUT2D eigenvalue weighted by Gasteiger charge is 2.47. The first-order chi connectivity index (χ1) is 18.4. The molecule has 1 amide bonds. The number of benzene rings is 3. The lowest BCUT2D eigenvalue weighted by molar-refractivity contribution is -0.132. The third kappa shape index (κ3) is 5.25. The molecule has 1 aliphatic heterocycles. The summed E-state index contributed by atoms with van der Waals surface area (Å²) in [5, 5.41) is 11.4. The van der Waals surface area contributed by atoms with E-state index in [0.717, 1.165) is 6.42 Å². The molecule has 1 atom stereocenters. The van der Waals surface area contributed by atoms with Gasteiger partial charge in [-0.25, -0.2) is 4.79 Å². The van der Waals surface area contributed by atoms with Gasteiger partial charge in [0.05, 0.1) is 37.5 Å². The Bertz CT molecular complexity index is 1380. The number of esters is 1. The van der Waals surface area contributed by atoms with Crippen molar-refractivity contribution >= 4 is 29.1 Å². The highest BCUT2D eigenvalue weighted by Crippen LogP contribution is 2.43. The van der Waals surface area contributed by atoms with E-state index >= 15 is 0 Å². The second kappa shape index (κ2) is 11.6. The molecule has 0 bridgehead atoms. The maximum atomic E-state index is 13.4. The molecule has 0 aliphatic carbocycles. The van der Waals surface area contributed by atoms with Crippen molar-refractivity contribution in [2.24, 2.45) is 0 Å². The molecule has 1 saturated heterocycles. The number of aliphatic hydroxyl groups is 1. The molecule has 196 valence electrons. The van der Waals surface area contributed by atoms with Crippen LogP contribution < -0.4 is 14.4 Å². The topological polar surface area (TPSA) is 102 Å². The SMILES string of the molecule is CCCOc1cccc(/C(O)=C2\C(=O)C(=O)N(c3cccc(C(=O)OCC)c3)C2c2ccc(OC)cc2)c1. The Hall–Kier alpha value is -4.59. The van der Waals surface area contributed by atoms with Gasteiger partial charge < -0.3 is 19.3 Å². The summed E-state index contributed by atoms with van der Waals surface area (Å²) < 4.78 is 16.1. The minimum atomic E-state index is -0.960. The summed E-state index contributed by atoms with van der Waals surface area (Å²) in [6.07, 6.45) is 0.809. The number of ether oxygens (including phenoxy) is 3. The van der Waals surface area contributed by atoms with Crippen LogP contribution in [-0.2, 0) is 14.3 Å². The van der Waals surface area contributed by atoms with E-state index in [0.29, 0.717) is 34.9 Å². The fourth-order valence-corrected chi connectivity index (χ4v) is 4.31. The molecule has 0 radical (unpaired) electrons. The van der Waals surface area contributed by atoms with Crippen molar-refractivity contribution in [2.75, 3.05) is 25.2 Å². The Kier molecular flexibility index (Phi) is 8.11. The summed E-state index contributed by atoms with van der Waals surface area (Å²) in [7, 11) is 1.54. The smallest absolute Gasteiger partial charge is 0.338 e. The van der Waals surface area contributed by atoms with E-state index in [1.807, 2.05) is 6.92 Å². The molecule has 1 aliphatic rings. The summed E-state index contributed by atoms with van der Waals surface area (Å²) in [5.41, 5.74) is 1.40. The Morgan fingerprint density at radius 1 is 0.921 bits per heavy atom. The standard InChI is InChI=1S/C30H29NO7/c1-4-16-38-24-11-7-8-20(18-24)27(32)25-26(19-12-14-23(36-3)15-13-19)31(29(34)28(25)33)22-10-6-9-21(17-22)30(35)37-5-2/h6-15,17-18,26,32H,4-5,16H2,1-3H3/b27-25+. The van der Waals surface area contributed by atoms with Crippen LogP contribution in [0.1, 0.15) is 47.8 Å². The van der Waals surface area contributed by atoms with Crippen LogP contribution in [0.5, 0.6) is 11.5 Å². The van der Waals surface area contributed by atoms with E-state index in [4.69, 9.17) is 14.2 Å². The van der Waals surface area contributed by atoms with Gasteiger partial charge in [-0.1, -0.05) is 37.3 Å². The number of Topliss-reactive ketones (excluding diaryl/α,β-unsaturated/α-hetero) is 1. The fourth-order valence-electron chi connectivity index (χ4n) is 4.31. The molecule has 4 rings (SSSR count). The molecule has 3 aromatic carbocycles. The molecular formula is C30H29NO7. The zero-order valence-electron chi connectivity index (χ0n) is 21.5. The maximum Gasteiger partial charge on any atom is 0.338 e. The molecule has 1 fully saturated rings. The lowest BCUT2D eigenvalue weighted by Crippen LogP contribution is -2.29. The molecule has 3 aromatic rings. The third-order valence-electron chi connectivity index (χ3n) is 6.09. The quantitative estimate of drug-likeness (QED) is 0.179. The van der Waals surface area contributed by atoms with E-state index in [9.17, 15) is 19.5 Å². The van der Waals surface area contributed by atoms with Gasteiger partial charge in [0.1, 0.15) is 17.3 Å². The van der Waals surface area contributed by atoms with Crippen molar-refractivity contribution in [3.05, 3.63) is 95.1 Å². The molecule has 1 heterocycles. The molecule has 1 unspecified atom stereocenters. The normalized spacial score (nSPS) is 16.4. The van der Waals surface area contributed by atoms with Gasteiger partial charge in [-0.15, -0.1) is 0 Å². The van der Waals surface area contributed by atoms with Gasteiger partial charge in [0.25, 0.3) is 11.7 Å². The number of hydrogen-bond donors (Lipinski definition) is 1. The second-order valence-electron chi connectivity index (χ2n) is 8.59. The summed E-state index contributed by atoms with van der Waals surface area (Å²) in [5.74, 6) is -1.41. The summed E-state index contributed by atoms with van der Waals surface area (Å²) >= 11 is 0. The van der Waals surface area contributed by atoms with Crippen LogP contribution in [0.4, 0.5) is 5.69 Å². The molecule has 0 aromatic heterocycles. The van der Waals surface area contributed by atoms with E-state index in [1.54, 1.807) is 73.7 Å². The van der Waals surface area contributed by atoms with Crippen LogP contribution in [0.2, 0.25) is 0 Å². The Balaban J connectivity index is 1.87. The third-order valence-corrected chi connectivity index (χ3v) is 6.09. The molecule has 8 nitrogen and oxygen atoms in total. The van der Waals surface area contributed by atoms with E-state index in [2.05, 4.69) is 0 Å². The van der Waals surface area contributed by atoms with Crippen LogP contribution >= 0.6 is 0 Å². The molecule has 1 N–H and O–H groups in total. The monoisotopic (exact) mass is 515 g/mol. The van der Waals surface area contributed by atoms with Crippen molar-refractivity contribution < 1.29 is 33.7 Å². The van der Waals surface area contributed by atoms with Gasteiger partial charge in [0.2, 0.25) is 0 Å². The number of hydrogen-bond acceptors (Lipinski definition) is 7. The predicted molar refractivity (Wildman–Crippen MR) is 142 cm³/mol. The van der Waals surface area contributed by atoms with E-state index in [1.165, 1.54) is 18.1 Å². The molecule has 38 heavy (non-hydrogen) atoms. The highest BCUT2D eigenvalue weighted by molar-refractivity contribution is 6.51. The van der Waals surface area contributed by atoms with Gasteiger partial charge in [0.15, 0.2) is 0 Å². The number of anilines is 1. The minimum absolute atomic E-state index is 0.0747. The average Bonchev–Trinajstić information content (AvgIpc) is 3.21. The van der Waals surface area contributed by atoms with E-state index in [-0.39, 0.29) is 23.5 Å². The molecule has 0 spiro atoms. The first-order valence-corrected chi connectivity index (χ1v) is 12.3. The van der Waals surface area contributed by atoms with Crippen molar-refractivity contribution in [3.8, 4) is 11.5 Å². The van der Waals surface area contributed by atoms with Crippen LogP contribution in [0.3, 0.4) is 0 Å². The second-order valence-corrected chi connectivity index (χ2v) is 8.59.